The summed E-state index contributed by atoms with van der Waals surface area (Å²) in [5, 5.41) is 0. The maximum atomic E-state index is 11.7. The van der Waals surface area contributed by atoms with Gasteiger partial charge in [0.05, 0.1) is 0 Å². The van der Waals surface area contributed by atoms with Crippen LogP contribution in [0, 0.1) is 3.57 Å². The summed E-state index contributed by atoms with van der Waals surface area (Å²) in [6, 6.07) is 6.79. The molecule has 1 aromatic carbocycles. The number of Topliss-reactive ketones (excluding diaryl/α,β-unsaturated/α-hetero) is 1. The van der Waals surface area contributed by atoms with Crippen LogP contribution in [0.2, 0.25) is 0 Å². The van der Waals surface area contributed by atoms with Gasteiger partial charge in [-0.25, -0.2) is 4.79 Å². The Labute approximate surface area is 108 Å². The lowest BCUT2D eigenvalue weighted by Gasteiger charge is -2.18. The smallest absolute Gasteiger partial charge is 0.380 e. The van der Waals surface area contributed by atoms with Gasteiger partial charge in [0.25, 0.3) is 5.78 Å². The first-order valence-electron chi connectivity index (χ1n) is 4.83. The van der Waals surface area contributed by atoms with E-state index in [9.17, 15) is 9.59 Å². The van der Waals surface area contributed by atoms with Gasteiger partial charge in [-0.3, -0.25) is 4.79 Å². The largest absolute Gasteiger partial charge is 0.454 e. The lowest BCUT2D eigenvalue weighted by molar-refractivity contribution is -0.148. The molecular formula is C12H13IO3. The van der Waals surface area contributed by atoms with Crippen molar-refractivity contribution in [3.8, 4) is 0 Å². The molecule has 0 atom stereocenters. The summed E-state index contributed by atoms with van der Waals surface area (Å²) < 4.78 is 6.01. The fourth-order valence-electron chi connectivity index (χ4n) is 1.04. The molecule has 4 heteroatoms. The molecule has 0 unspecified atom stereocenters. The van der Waals surface area contributed by atoms with Gasteiger partial charge in [0.1, 0.15) is 5.60 Å². The highest BCUT2D eigenvalue weighted by Gasteiger charge is 2.23. The van der Waals surface area contributed by atoms with E-state index in [1.165, 1.54) is 0 Å². The van der Waals surface area contributed by atoms with Crippen LogP contribution in [0.5, 0.6) is 0 Å². The van der Waals surface area contributed by atoms with Crippen molar-refractivity contribution in [2.45, 2.75) is 26.4 Å². The quantitative estimate of drug-likeness (QED) is 0.362. The average molecular weight is 332 g/mol. The van der Waals surface area contributed by atoms with Crippen LogP contribution >= 0.6 is 22.6 Å². The fraction of sp³-hybridized carbons (Fsp3) is 0.333. The van der Waals surface area contributed by atoms with Gasteiger partial charge in [0, 0.05) is 9.13 Å². The first kappa shape index (κ1) is 13.2. The Balaban J connectivity index is 2.79. The molecule has 1 aromatic rings. The van der Waals surface area contributed by atoms with E-state index in [2.05, 4.69) is 22.6 Å². The molecule has 0 spiro atoms. The number of hydrogen-bond acceptors (Lipinski definition) is 3. The number of rotatable bonds is 2. The number of benzene rings is 1. The topological polar surface area (TPSA) is 43.4 Å². The summed E-state index contributed by atoms with van der Waals surface area (Å²) in [5.41, 5.74) is -0.287. The maximum absolute atomic E-state index is 11.7. The number of carbonyl (C=O) groups is 2. The van der Waals surface area contributed by atoms with Crippen LogP contribution < -0.4 is 0 Å². The van der Waals surface area contributed by atoms with Gasteiger partial charge in [0.15, 0.2) is 0 Å². The molecule has 3 nitrogen and oxygen atoms in total. The summed E-state index contributed by atoms with van der Waals surface area (Å²) in [4.78, 5) is 23.1. The number of carbonyl (C=O) groups excluding carboxylic acids is 2. The first-order chi connectivity index (χ1) is 7.29. The van der Waals surface area contributed by atoms with E-state index < -0.39 is 17.4 Å². The zero-order valence-electron chi connectivity index (χ0n) is 9.41. The molecule has 1 rings (SSSR count). The summed E-state index contributed by atoms with van der Waals surface area (Å²) in [6.45, 7) is 5.18. The van der Waals surface area contributed by atoms with Crippen molar-refractivity contribution in [3.63, 3.8) is 0 Å². The van der Waals surface area contributed by atoms with Gasteiger partial charge in [-0.1, -0.05) is 0 Å². The summed E-state index contributed by atoms with van der Waals surface area (Å²) in [5.74, 6) is -1.42. The first-order valence-corrected chi connectivity index (χ1v) is 5.91. The maximum Gasteiger partial charge on any atom is 0.380 e. The molecule has 0 aliphatic rings. The molecule has 0 aliphatic carbocycles. The average Bonchev–Trinajstić information content (AvgIpc) is 2.15. The van der Waals surface area contributed by atoms with Gasteiger partial charge >= 0.3 is 5.97 Å². The van der Waals surface area contributed by atoms with Crippen LogP contribution in [0.25, 0.3) is 0 Å². The van der Waals surface area contributed by atoms with Crippen molar-refractivity contribution in [1.82, 2.24) is 0 Å². The van der Waals surface area contributed by atoms with Crippen LogP contribution in [0.4, 0.5) is 0 Å². The van der Waals surface area contributed by atoms with E-state index >= 15 is 0 Å². The van der Waals surface area contributed by atoms with Crippen molar-refractivity contribution < 1.29 is 14.3 Å². The van der Waals surface area contributed by atoms with Crippen LogP contribution in [-0.4, -0.2) is 17.4 Å². The van der Waals surface area contributed by atoms with Gasteiger partial charge in [-0.2, -0.15) is 0 Å². The predicted octanol–water partition coefficient (Wildman–Crippen LogP) is 2.82. The minimum absolute atomic E-state index is 0.356. The Hall–Kier alpha value is -0.910. The minimum atomic E-state index is -0.811. The van der Waals surface area contributed by atoms with Crippen molar-refractivity contribution in [2.24, 2.45) is 0 Å². The highest BCUT2D eigenvalue weighted by molar-refractivity contribution is 14.1. The van der Waals surface area contributed by atoms with Gasteiger partial charge in [0.2, 0.25) is 0 Å². The fourth-order valence-corrected chi connectivity index (χ4v) is 1.40. The second-order valence-electron chi connectivity index (χ2n) is 4.34. The van der Waals surface area contributed by atoms with E-state index in [4.69, 9.17) is 4.74 Å². The Morgan fingerprint density at radius 3 is 2.06 bits per heavy atom. The summed E-state index contributed by atoms with van der Waals surface area (Å²) >= 11 is 2.13. The van der Waals surface area contributed by atoms with E-state index in [1.807, 2.05) is 0 Å². The zero-order valence-corrected chi connectivity index (χ0v) is 11.6. The molecule has 0 aliphatic heterocycles. The lowest BCUT2D eigenvalue weighted by atomic mass is 10.1. The van der Waals surface area contributed by atoms with E-state index in [1.54, 1.807) is 45.0 Å². The number of hydrogen-bond donors (Lipinski definition) is 0. The van der Waals surface area contributed by atoms with Crippen molar-refractivity contribution >= 4 is 34.3 Å². The summed E-state index contributed by atoms with van der Waals surface area (Å²) in [7, 11) is 0. The van der Waals surface area contributed by atoms with E-state index in [0.717, 1.165) is 3.57 Å². The number of esters is 1. The molecule has 0 N–H and O–H groups in total. The van der Waals surface area contributed by atoms with Crippen molar-refractivity contribution in [2.75, 3.05) is 0 Å². The molecule has 0 saturated carbocycles. The van der Waals surface area contributed by atoms with E-state index in [0.29, 0.717) is 5.56 Å². The molecule has 0 radical (unpaired) electrons. The molecule has 0 aromatic heterocycles. The third-order valence-electron chi connectivity index (χ3n) is 1.69. The van der Waals surface area contributed by atoms with Crippen molar-refractivity contribution in [1.29, 1.82) is 0 Å². The molecular weight excluding hydrogens is 319 g/mol. The molecule has 0 amide bonds. The Bertz CT molecular complexity index is 401. The predicted molar refractivity (Wildman–Crippen MR) is 69.3 cm³/mol. The van der Waals surface area contributed by atoms with Crippen LogP contribution in [-0.2, 0) is 9.53 Å². The standard InChI is InChI=1S/C12H13IO3/c1-12(2,3)16-11(15)10(14)8-4-6-9(13)7-5-8/h4-7H,1-3H3. The van der Waals surface area contributed by atoms with Crippen LogP contribution in [0.1, 0.15) is 31.1 Å². The Morgan fingerprint density at radius 2 is 1.62 bits per heavy atom. The third kappa shape index (κ3) is 3.92. The van der Waals surface area contributed by atoms with Crippen LogP contribution in [0.15, 0.2) is 24.3 Å². The highest BCUT2D eigenvalue weighted by Crippen LogP contribution is 2.11. The number of halogens is 1. The Kier molecular flexibility index (Phi) is 4.07. The highest BCUT2D eigenvalue weighted by atomic mass is 127. The van der Waals surface area contributed by atoms with Gasteiger partial charge in [-0.15, -0.1) is 0 Å². The van der Waals surface area contributed by atoms with Crippen LogP contribution in [0.3, 0.4) is 0 Å². The second-order valence-corrected chi connectivity index (χ2v) is 5.58. The number of ketones is 1. The molecule has 0 saturated heterocycles. The SMILES string of the molecule is CC(C)(C)OC(=O)C(=O)c1ccc(I)cc1. The lowest BCUT2D eigenvalue weighted by Crippen LogP contribution is -2.28. The monoisotopic (exact) mass is 332 g/mol. The summed E-state index contributed by atoms with van der Waals surface area (Å²) in [6.07, 6.45) is 0. The molecule has 86 valence electrons. The van der Waals surface area contributed by atoms with Gasteiger partial charge < -0.3 is 4.74 Å². The molecule has 0 heterocycles. The molecule has 0 fully saturated rings. The third-order valence-corrected chi connectivity index (χ3v) is 2.41. The van der Waals surface area contributed by atoms with Crippen molar-refractivity contribution in [3.05, 3.63) is 33.4 Å². The zero-order chi connectivity index (χ0) is 12.3. The minimum Gasteiger partial charge on any atom is -0.454 e. The number of ether oxygens (including phenoxy) is 1. The second kappa shape index (κ2) is 4.95. The normalized spacial score (nSPS) is 11.0. The Morgan fingerprint density at radius 1 is 1.12 bits per heavy atom. The molecule has 16 heavy (non-hydrogen) atoms. The van der Waals surface area contributed by atoms with Gasteiger partial charge in [-0.05, 0) is 67.6 Å². The van der Waals surface area contributed by atoms with E-state index in [-0.39, 0.29) is 0 Å². The molecule has 0 bridgehead atoms.